The lowest BCUT2D eigenvalue weighted by atomic mass is 10.1. The van der Waals surface area contributed by atoms with E-state index in [2.05, 4.69) is 13.8 Å². The molecule has 0 atom stereocenters. The van der Waals surface area contributed by atoms with Gasteiger partial charge in [0.1, 0.15) is 0 Å². The number of amides is 1. The monoisotopic (exact) mass is 279 g/mol. The summed E-state index contributed by atoms with van der Waals surface area (Å²) < 4.78 is 0. The molecule has 1 aliphatic rings. The first-order chi connectivity index (χ1) is 8.99. The van der Waals surface area contributed by atoms with Crippen LogP contribution in [0.4, 0.5) is 5.69 Å². The molecule has 2 rings (SSSR count). The third-order valence-corrected chi connectivity index (χ3v) is 4.15. The third-order valence-electron chi connectivity index (χ3n) is 3.07. The second kappa shape index (κ2) is 5.65. The number of hydrogen-bond acceptors (Lipinski definition) is 3. The largest absolute Gasteiger partial charge is 0.478 e. The molecule has 0 aromatic heterocycles. The fourth-order valence-electron chi connectivity index (χ4n) is 2.09. The van der Waals surface area contributed by atoms with Crippen LogP contribution in [0.15, 0.2) is 18.2 Å². The maximum Gasteiger partial charge on any atom is 0.335 e. The first kappa shape index (κ1) is 13.9. The molecule has 1 aromatic rings. The van der Waals surface area contributed by atoms with Crippen LogP contribution in [0.1, 0.15) is 29.8 Å². The summed E-state index contributed by atoms with van der Waals surface area (Å²) in [5.41, 5.74) is 2.04. The highest BCUT2D eigenvalue weighted by Crippen LogP contribution is 2.30. The fourth-order valence-corrected chi connectivity index (χ4v) is 2.72. The average molecular weight is 279 g/mol. The minimum Gasteiger partial charge on any atom is -0.478 e. The van der Waals surface area contributed by atoms with Gasteiger partial charge in [-0.15, -0.1) is 11.8 Å². The maximum absolute atomic E-state index is 12.2. The minimum absolute atomic E-state index is 0.0555. The van der Waals surface area contributed by atoms with Crippen molar-refractivity contribution in [1.29, 1.82) is 0 Å². The number of fused-ring (bicyclic) bond motifs is 1. The standard InChI is InChI=1S/C14H17NO3S/c1-9(2)19-8-13(16)15-6-5-10-3-4-11(14(17)18)7-12(10)15/h3-4,7,9H,5-6,8H2,1-2H3,(H,17,18). The van der Waals surface area contributed by atoms with E-state index in [-0.39, 0.29) is 11.5 Å². The van der Waals surface area contributed by atoms with Crippen molar-refractivity contribution in [3.05, 3.63) is 29.3 Å². The van der Waals surface area contributed by atoms with Gasteiger partial charge in [-0.1, -0.05) is 19.9 Å². The highest BCUT2D eigenvalue weighted by molar-refractivity contribution is 8.00. The average Bonchev–Trinajstić information content (AvgIpc) is 2.78. The molecular weight excluding hydrogens is 262 g/mol. The molecule has 1 aliphatic heterocycles. The van der Waals surface area contributed by atoms with Crippen LogP contribution in [-0.2, 0) is 11.2 Å². The molecule has 0 saturated heterocycles. The summed E-state index contributed by atoms with van der Waals surface area (Å²) in [4.78, 5) is 24.8. The van der Waals surface area contributed by atoms with Crippen LogP contribution in [0, 0.1) is 0 Å². The number of benzene rings is 1. The van der Waals surface area contributed by atoms with Gasteiger partial charge in [0.05, 0.1) is 11.3 Å². The Morgan fingerprint density at radius 2 is 2.16 bits per heavy atom. The van der Waals surface area contributed by atoms with Gasteiger partial charge in [0.25, 0.3) is 0 Å². The van der Waals surface area contributed by atoms with Gasteiger partial charge in [0, 0.05) is 12.2 Å². The van der Waals surface area contributed by atoms with Crippen LogP contribution >= 0.6 is 11.8 Å². The molecule has 5 heteroatoms. The van der Waals surface area contributed by atoms with Gasteiger partial charge in [-0.3, -0.25) is 4.79 Å². The van der Waals surface area contributed by atoms with Crippen molar-refractivity contribution in [2.24, 2.45) is 0 Å². The summed E-state index contributed by atoms with van der Waals surface area (Å²) in [6.07, 6.45) is 0.799. The van der Waals surface area contributed by atoms with Gasteiger partial charge in [0.2, 0.25) is 5.91 Å². The molecule has 0 bridgehead atoms. The zero-order valence-corrected chi connectivity index (χ0v) is 11.9. The van der Waals surface area contributed by atoms with E-state index < -0.39 is 5.97 Å². The molecular formula is C14H17NO3S. The topological polar surface area (TPSA) is 57.6 Å². The van der Waals surface area contributed by atoms with Crippen LogP contribution in [0.3, 0.4) is 0 Å². The van der Waals surface area contributed by atoms with Crippen molar-refractivity contribution in [3.63, 3.8) is 0 Å². The van der Waals surface area contributed by atoms with Crippen LogP contribution in [0.25, 0.3) is 0 Å². The van der Waals surface area contributed by atoms with E-state index in [1.165, 1.54) is 0 Å². The predicted molar refractivity (Wildman–Crippen MR) is 77.1 cm³/mol. The summed E-state index contributed by atoms with van der Waals surface area (Å²) in [7, 11) is 0. The highest BCUT2D eigenvalue weighted by Gasteiger charge is 2.25. The van der Waals surface area contributed by atoms with Crippen molar-refractivity contribution in [2.75, 3.05) is 17.2 Å². The number of thioether (sulfide) groups is 1. The number of anilines is 1. The zero-order valence-electron chi connectivity index (χ0n) is 11.0. The number of rotatable bonds is 4. The van der Waals surface area contributed by atoms with E-state index >= 15 is 0 Å². The van der Waals surface area contributed by atoms with E-state index in [9.17, 15) is 9.59 Å². The molecule has 0 radical (unpaired) electrons. The minimum atomic E-state index is -0.960. The Morgan fingerprint density at radius 1 is 1.42 bits per heavy atom. The first-order valence-corrected chi connectivity index (χ1v) is 7.32. The maximum atomic E-state index is 12.2. The SMILES string of the molecule is CC(C)SCC(=O)N1CCc2ccc(C(=O)O)cc21. The van der Waals surface area contributed by atoms with Gasteiger partial charge in [-0.25, -0.2) is 4.79 Å². The molecule has 0 unspecified atom stereocenters. The van der Waals surface area contributed by atoms with Crippen molar-refractivity contribution in [1.82, 2.24) is 0 Å². The summed E-state index contributed by atoms with van der Waals surface area (Å²) in [5.74, 6) is -0.465. The van der Waals surface area contributed by atoms with Crippen LogP contribution in [-0.4, -0.2) is 34.5 Å². The number of hydrogen-bond donors (Lipinski definition) is 1. The van der Waals surface area contributed by atoms with Crippen molar-refractivity contribution in [2.45, 2.75) is 25.5 Å². The molecule has 1 aromatic carbocycles. The third kappa shape index (κ3) is 3.10. The Kier molecular flexibility index (Phi) is 4.14. The number of nitrogens with zero attached hydrogens (tertiary/aromatic N) is 1. The molecule has 0 fully saturated rings. The molecule has 0 aliphatic carbocycles. The van der Waals surface area contributed by atoms with Gasteiger partial charge in [-0.2, -0.15) is 0 Å². The molecule has 19 heavy (non-hydrogen) atoms. The Labute approximate surface area is 116 Å². The lowest BCUT2D eigenvalue weighted by molar-refractivity contribution is -0.116. The van der Waals surface area contributed by atoms with Crippen LogP contribution < -0.4 is 4.90 Å². The first-order valence-electron chi connectivity index (χ1n) is 6.27. The normalized spacial score (nSPS) is 13.7. The molecule has 4 nitrogen and oxygen atoms in total. The lowest BCUT2D eigenvalue weighted by Gasteiger charge is -2.18. The van der Waals surface area contributed by atoms with Crippen molar-refractivity contribution < 1.29 is 14.7 Å². The smallest absolute Gasteiger partial charge is 0.335 e. The fraction of sp³-hybridized carbons (Fsp3) is 0.429. The summed E-state index contributed by atoms with van der Waals surface area (Å²) in [6.45, 7) is 4.76. The van der Waals surface area contributed by atoms with Gasteiger partial charge in [-0.05, 0) is 29.4 Å². The predicted octanol–water partition coefficient (Wildman–Crippen LogP) is 2.42. The number of carbonyl (C=O) groups excluding carboxylic acids is 1. The second-order valence-electron chi connectivity index (χ2n) is 4.80. The van der Waals surface area contributed by atoms with Crippen molar-refractivity contribution >= 4 is 29.3 Å². The van der Waals surface area contributed by atoms with E-state index in [0.717, 1.165) is 17.7 Å². The summed E-state index contributed by atoms with van der Waals surface area (Å²) >= 11 is 1.60. The molecule has 102 valence electrons. The van der Waals surface area contributed by atoms with Crippen molar-refractivity contribution in [3.8, 4) is 0 Å². The van der Waals surface area contributed by atoms with E-state index in [1.54, 1.807) is 28.8 Å². The highest BCUT2D eigenvalue weighted by atomic mass is 32.2. The lowest BCUT2D eigenvalue weighted by Crippen LogP contribution is -2.31. The number of carbonyl (C=O) groups is 2. The summed E-state index contributed by atoms with van der Waals surface area (Å²) in [6, 6.07) is 5.00. The number of aromatic carboxylic acids is 1. The van der Waals surface area contributed by atoms with Gasteiger partial charge in [0.15, 0.2) is 0 Å². The van der Waals surface area contributed by atoms with Crippen LogP contribution in [0.2, 0.25) is 0 Å². The molecule has 0 spiro atoms. The van der Waals surface area contributed by atoms with E-state index in [0.29, 0.717) is 17.5 Å². The molecule has 1 amide bonds. The number of carboxylic acid groups (broad SMARTS) is 1. The Balaban J connectivity index is 2.18. The Morgan fingerprint density at radius 3 is 2.79 bits per heavy atom. The van der Waals surface area contributed by atoms with Gasteiger partial charge < -0.3 is 10.0 Å². The molecule has 0 saturated carbocycles. The Bertz CT molecular complexity index is 513. The second-order valence-corrected chi connectivity index (χ2v) is 6.37. The summed E-state index contributed by atoms with van der Waals surface area (Å²) in [5, 5.41) is 9.42. The zero-order chi connectivity index (χ0) is 14.0. The molecule has 1 N–H and O–H groups in total. The van der Waals surface area contributed by atoms with Crippen LogP contribution in [0.5, 0.6) is 0 Å². The molecule has 1 heterocycles. The number of carboxylic acids is 1. The van der Waals surface area contributed by atoms with E-state index in [4.69, 9.17) is 5.11 Å². The quantitative estimate of drug-likeness (QED) is 0.919. The van der Waals surface area contributed by atoms with Gasteiger partial charge >= 0.3 is 5.97 Å². The Hall–Kier alpha value is -1.49. The van der Waals surface area contributed by atoms with E-state index in [1.807, 2.05) is 6.07 Å².